The minimum Gasteiger partial charge on any atom is -0.493 e. The number of carbonyl (C=O) groups excluding carboxylic acids is 1. The lowest BCUT2D eigenvalue weighted by Crippen LogP contribution is -2.15. The fourth-order valence-electron chi connectivity index (χ4n) is 3.96. The number of para-hydroxylation sites is 1. The van der Waals surface area contributed by atoms with Crippen molar-refractivity contribution in [2.24, 2.45) is 0 Å². The van der Waals surface area contributed by atoms with Crippen LogP contribution < -0.4 is 10.6 Å². The monoisotopic (exact) mass is 513 g/mol. The third-order valence-electron chi connectivity index (χ3n) is 5.78. The van der Waals surface area contributed by atoms with Gasteiger partial charge in [0.15, 0.2) is 5.13 Å². The molecule has 0 saturated heterocycles. The van der Waals surface area contributed by atoms with Gasteiger partial charge in [0.25, 0.3) is 0 Å². The quantitative estimate of drug-likeness (QED) is 0.216. The van der Waals surface area contributed by atoms with Gasteiger partial charge in [-0.2, -0.15) is 4.57 Å². The van der Waals surface area contributed by atoms with Crippen LogP contribution in [0, 0.1) is 0 Å². The molecule has 0 saturated carbocycles. The topological polar surface area (TPSA) is 101 Å². The number of hydrogen-bond donors (Lipinski definition) is 3. The van der Waals surface area contributed by atoms with Crippen LogP contribution in [-0.2, 0) is 17.6 Å². The van der Waals surface area contributed by atoms with Crippen LogP contribution in [0.3, 0.4) is 0 Å². The average Bonchev–Trinajstić information content (AvgIpc) is 3.46. The van der Waals surface area contributed by atoms with Gasteiger partial charge in [-0.1, -0.05) is 65.9 Å². The van der Waals surface area contributed by atoms with Crippen LogP contribution >= 0.6 is 11.3 Å². The summed E-state index contributed by atoms with van der Waals surface area (Å²) >= 11 is 1.65. The van der Waals surface area contributed by atoms with Gasteiger partial charge in [-0.3, -0.25) is 0 Å². The zero-order chi connectivity index (χ0) is 25.6. The third kappa shape index (κ3) is 5.73. The maximum Gasteiger partial charge on any atom is 0.423 e. The Kier molecular flexibility index (Phi) is 7.32. The first-order chi connectivity index (χ1) is 18.1. The van der Waals surface area contributed by atoms with Crippen LogP contribution in [0.4, 0.5) is 21.6 Å². The van der Waals surface area contributed by atoms with Gasteiger partial charge in [0, 0.05) is 18.7 Å². The smallest absolute Gasteiger partial charge is 0.423 e. The first-order valence-electron chi connectivity index (χ1n) is 12.1. The first kappa shape index (κ1) is 24.3. The number of nitrogens with one attached hydrogen (secondary N) is 2. The highest BCUT2D eigenvalue weighted by Crippen LogP contribution is 2.28. The van der Waals surface area contributed by atoms with Crippen molar-refractivity contribution >= 4 is 44.4 Å². The predicted molar refractivity (Wildman–Crippen MR) is 147 cm³/mol. The molecule has 2 heterocycles. The highest BCUT2D eigenvalue weighted by atomic mass is 32.1. The second-order valence-corrected chi connectivity index (χ2v) is 9.42. The van der Waals surface area contributed by atoms with Crippen molar-refractivity contribution in [1.82, 2.24) is 14.5 Å². The SMILES string of the molecule is CCOC(=O)n1c(Nc2ccc(CCNc3nc4ccccc4s3)cc2)nc(Cc2ccccc2)c1O. The highest BCUT2D eigenvalue weighted by Gasteiger charge is 2.23. The Hall–Kier alpha value is -4.37. The number of anilines is 3. The van der Waals surface area contributed by atoms with E-state index in [9.17, 15) is 9.90 Å². The molecule has 0 bridgehead atoms. The fourth-order valence-corrected chi connectivity index (χ4v) is 4.85. The molecule has 2 aromatic heterocycles. The second kappa shape index (κ2) is 11.1. The summed E-state index contributed by atoms with van der Waals surface area (Å²) in [6.07, 6.45) is 0.524. The molecule has 37 heavy (non-hydrogen) atoms. The van der Waals surface area contributed by atoms with Crippen molar-refractivity contribution in [3.63, 3.8) is 0 Å². The maximum atomic E-state index is 12.6. The van der Waals surface area contributed by atoms with Gasteiger partial charge in [0.05, 0.1) is 16.8 Å². The van der Waals surface area contributed by atoms with Crippen molar-refractivity contribution in [2.75, 3.05) is 23.8 Å². The van der Waals surface area contributed by atoms with Crippen LogP contribution in [0.5, 0.6) is 5.88 Å². The number of rotatable bonds is 9. The minimum absolute atomic E-state index is 0.184. The van der Waals surface area contributed by atoms with Crippen LogP contribution in [0.25, 0.3) is 10.2 Å². The summed E-state index contributed by atoms with van der Waals surface area (Å²) in [6.45, 7) is 2.66. The number of imidazole rings is 1. The van der Waals surface area contributed by atoms with E-state index in [1.54, 1.807) is 18.3 Å². The van der Waals surface area contributed by atoms with E-state index < -0.39 is 6.09 Å². The lowest BCUT2D eigenvalue weighted by atomic mass is 10.1. The number of nitrogens with zero attached hydrogens (tertiary/aromatic N) is 3. The molecule has 0 amide bonds. The Morgan fingerprint density at radius 2 is 1.73 bits per heavy atom. The lowest BCUT2D eigenvalue weighted by Gasteiger charge is -2.10. The van der Waals surface area contributed by atoms with E-state index in [4.69, 9.17) is 4.74 Å². The van der Waals surface area contributed by atoms with Crippen molar-refractivity contribution in [3.8, 4) is 5.88 Å². The largest absolute Gasteiger partial charge is 0.493 e. The molecule has 5 aromatic rings. The molecule has 5 rings (SSSR count). The molecule has 0 atom stereocenters. The summed E-state index contributed by atoms with van der Waals surface area (Å²) in [7, 11) is 0. The summed E-state index contributed by atoms with van der Waals surface area (Å²) in [4.78, 5) is 21.7. The number of benzene rings is 3. The first-order valence-corrected chi connectivity index (χ1v) is 12.9. The van der Waals surface area contributed by atoms with Crippen LogP contribution in [0.2, 0.25) is 0 Å². The minimum atomic E-state index is -0.688. The molecule has 9 heteroatoms. The molecular weight excluding hydrogens is 486 g/mol. The van der Waals surface area contributed by atoms with Gasteiger partial charge >= 0.3 is 6.09 Å². The van der Waals surface area contributed by atoms with Crippen LogP contribution in [0.1, 0.15) is 23.7 Å². The standard InChI is InChI=1S/C28H27N5O3S/c1-2-36-28(35)33-25(34)23(18-20-8-4-3-5-9-20)31-26(33)30-21-14-12-19(13-15-21)16-17-29-27-32-22-10-6-7-11-24(22)37-27/h3-15,34H,2,16-18H2,1H3,(H,29,32)(H,30,31). The van der Waals surface area contributed by atoms with Gasteiger partial charge < -0.3 is 20.5 Å². The van der Waals surface area contributed by atoms with E-state index in [0.717, 1.165) is 45.0 Å². The molecule has 0 unspecified atom stereocenters. The highest BCUT2D eigenvalue weighted by molar-refractivity contribution is 7.22. The van der Waals surface area contributed by atoms with E-state index in [1.165, 1.54) is 4.70 Å². The van der Waals surface area contributed by atoms with E-state index in [1.807, 2.05) is 72.8 Å². The Morgan fingerprint density at radius 3 is 2.49 bits per heavy atom. The Morgan fingerprint density at radius 1 is 0.973 bits per heavy atom. The molecule has 3 aromatic carbocycles. The predicted octanol–water partition coefficient (Wildman–Crippen LogP) is 6.19. The number of ether oxygens (including phenoxy) is 1. The van der Waals surface area contributed by atoms with Crippen LogP contribution in [0.15, 0.2) is 78.9 Å². The molecule has 0 radical (unpaired) electrons. The van der Waals surface area contributed by atoms with Crippen molar-refractivity contribution < 1.29 is 14.6 Å². The van der Waals surface area contributed by atoms with Crippen molar-refractivity contribution in [3.05, 3.63) is 95.7 Å². The van der Waals surface area contributed by atoms with E-state index in [0.29, 0.717) is 12.1 Å². The average molecular weight is 514 g/mol. The Labute approximate surface area is 218 Å². The molecule has 0 aliphatic rings. The summed E-state index contributed by atoms with van der Waals surface area (Å²) in [6, 6.07) is 25.6. The van der Waals surface area contributed by atoms with Gasteiger partial charge in [0.2, 0.25) is 11.8 Å². The van der Waals surface area contributed by atoms with Gasteiger partial charge in [-0.25, -0.2) is 14.8 Å². The van der Waals surface area contributed by atoms with Gasteiger partial charge in [0.1, 0.15) is 5.69 Å². The van der Waals surface area contributed by atoms with Gasteiger partial charge in [-0.15, -0.1) is 0 Å². The fraction of sp³-hybridized carbons (Fsp3) is 0.179. The summed E-state index contributed by atoms with van der Waals surface area (Å²) in [5, 5.41) is 18.2. The molecule has 0 aliphatic carbocycles. The summed E-state index contributed by atoms with van der Waals surface area (Å²) in [5.41, 5.74) is 4.26. The summed E-state index contributed by atoms with van der Waals surface area (Å²) in [5.74, 6) is -0.0329. The second-order valence-electron chi connectivity index (χ2n) is 8.39. The zero-order valence-electron chi connectivity index (χ0n) is 20.3. The third-order valence-corrected chi connectivity index (χ3v) is 6.78. The molecule has 0 fully saturated rings. The molecule has 188 valence electrons. The number of fused-ring (bicyclic) bond motifs is 1. The van der Waals surface area contributed by atoms with E-state index in [2.05, 4.69) is 26.7 Å². The zero-order valence-corrected chi connectivity index (χ0v) is 21.2. The lowest BCUT2D eigenvalue weighted by molar-refractivity contribution is 0.152. The number of hydrogen-bond acceptors (Lipinski definition) is 8. The molecular formula is C28H27N5O3S. The van der Waals surface area contributed by atoms with Crippen molar-refractivity contribution in [2.45, 2.75) is 19.8 Å². The van der Waals surface area contributed by atoms with Gasteiger partial charge in [-0.05, 0) is 48.7 Å². The number of thiazole rings is 1. The molecule has 0 aliphatic heterocycles. The Balaban J connectivity index is 1.26. The van der Waals surface area contributed by atoms with Crippen molar-refractivity contribution in [1.29, 1.82) is 0 Å². The number of carbonyl (C=O) groups is 1. The number of aromatic nitrogens is 3. The van der Waals surface area contributed by atoms with E-state index in [-0.39, 0.29) is 18.4 Å². The molecule has 0 spiro atoms. The maximum absolute atomic E-state index is 12.6. The van der Waals surface area contributed by atoms with Crippen LogP contribution in [-0.4, -0.2) is 38.9 Å². The summed E-state index contributed by atoms with van der Waals surface area (Å²) < 4.78 is 7.38. The molecule has 3 N–H and O–H groups in total. The Bertz CT molecular complexity index is 1460. The number of aromatic hydroxyl groups is 1. The van der Waals surface area contributed by atoms with E-state index >= 15 is 0 Å². The normalized spacial score (nSPS) is 10.9. The molecule has 8 nitrogen and oxygen atoms in total.